The number of hydrogen-bond acceptors (Lipinski definition) is 5. The number of halogens is 1. The molecule has 0 atom stereocenters. The number of carbonyl (C=O) groups is 1. The van der Waals surface area contributed by atoms with Gasteiger partial charge in [0.2, 0.25) is 5.91 Å². The van der Waals surface area contributed by atoms with E-state index in [0.29, 0.717) is 21.6 Å². The van der Waals surface area contributed by atoms with Crippen LogP contribution < -0.4 is 16.6 Å². The lowest BCUT2D eigenvalue weighted by Gasteiger charge is -2.05. The number of amides is 1. The van der Waals surface area contributed by atoms with Crippen molar-refractivity contribution in [1.82, 2.24) is 18.9 Å². The number of hydrogen-bond donors (Lipinski definition) is 1. The number of thiophene rings is 1. The van der Waals surface area contributed by atoms with Crippen LogP contribution in [-0.4, -0.2) is 24.8 Å². The minimum atomic E-state index is -0.397. The highest BCUT2D eigenvalue weighted by Gasteiger charge is 2.17. The van der Waals surface area contributed by atoms with Gasteiger partial charge in [-0.05, 0) is 35.2 Å². The lowest BCUT2D eigenvalue weighted by Crippen LogP contribution is -2.36. The first-order valence-corrected chi connectivity index (χ1v) is 10.3. The molecule has 0 spiro atoms. The maximum absolute atomic E-state index is 12.5. The van der Waals surface area contributed by atoms with Crippen LogP contribution in [0.5, 0.6) is 0 Å². The first-order chi connectivity index (χ1) is 13.8. The van der Waals surface area contributed by atoms with Crippen LogP contribution in [0, 0.1) is 0 Å². The molecule has 1 aromatic carbocycles. The number of nitrogens with one attached hydrogen (secondary N) is 1. The first-order valence-electron chi connectivity index (χ1n) is 8.62. The lowest BCUT2D eigenvalue weighted by atomic mass is 10.1. The van der Waals surface area contributed by atoms with Gasteiger partial charge in [0.15, 0.2) is 5.82 Å². The zero-order chi connectivity index (χ0) is 20.7. The van der Waals surface area contributed by atoms with Crippen LogP contribution >= 0.6 is 27.3 Å². The number of carbonyl (C=O) groups excluding carboxylic acids is 1. The Morgan fingerprint density at radius 2 is 1.86 bits per heavy atom. The number of benzene rings is 1. The van der Waals surface area contributed by atoms with Crippen molar-refractivity contribution in [2.45, 2.75) is 6.42 Å². The molecule has 4 aromatic rings. The van der Waals surface area contributed by atoms with E-state index in [0.717, 1.165) is 14.7 Å². The smallest absolute Gasteiger partial charge is 0.309 e. The third-order valence-electron chi connectivity index (χ3n) is 4.54. The topological polar surface area (TPSA) is 90.9 Å². The zero-order valence-corrected chi connectivity index (χ0v) is 18.0. The molecule has 0 fully saturated rings. The maximum Gasteiger partial charge on any atom is 0.331 e. The van der Waals surface area contributed by atoms with Gasteiger partial charge in [0, 0.05) is 30.8 Å². The molecule has 10 heteroatoms. The van der Waals surface area contributed by atoms with Crippen molar-refractivity contribution in [2.24, 2.45) is 14.1 Å². The van der Waals surface area contributed by atoms with Gasteiger partial charge in [-0.25, -0.2) is 9.48 Å². The van der Waals surface area contributed by atoms with Crippen molar-refractivity contribution in [2.75, 3.05) is 5.32 Å². The number of nitrogens with zero attached hydrogens (tertiary/aromatic N) is 4. The second-order valence-corrected chi connectivity index (χ2v) is 8.27. The van der Waals surface area contributed by atoms with E-state index in [4.69, 9.17) is 0 Å². The Bertz CT molecular complexity index is 1350. The highest BCUT2D eigenvalue weighted by atomic mass is 79.9. The van der Waals surface area contributed by atoms with Gasteiger partial charge < -0.3 is 5.32 Å². The number of rotatable bonds is 4. The van der Waals surface area contributed by atoms with Crippen LogP contribution in [0.2, 0.25) is 0 Å². The van der Waals surface area contributed by atoms with Gasteiger partial charge >= 0.3 is 5.69 Å². The molecule has 0 bridgehead atoms. The average molecular weight is 474 g/mol. The molecule has 0 saturated carbocycles. The molecule has 3 aromatic heterocycles. The normalized spacial score (nSPS) is 11.1. The molecule has 1 amide bonds. The Labute approximate surface area is 177 Å². The van der Waals surface area contributed by atoms with Gasteiger partial charge in [0.25, 0.3) is 5.56 Å². The van der Waals surface area contributed by atoms with E-state index >= 15 is 0 Å². The fourth-order valence-electron chi connectivity index (χ4n) is 3.04. The molecule has 0 saturated heterocycles. The summed E-state index contributed by atoms with van der Waals surface area (Å²) >= 11 is 4.67. The van der Waals surface area contributed by atoms with E-state index in [1.165, 1.54) is 23.0 Å². The maximum atomic E-state index is 12.5. The molecule has 29 heavy (non-hydrogen) atoms. The second kappa shape index (κ2) is 7.45. The summed E-state index contributed by atoms with van der Waals surface area (Å²) in [7, 11) is 3.04. The number of aryl methyl sites for hydroxylation is 1. The fourth-order valence-corrected chi connectivity index (χ4v) is 4.33. The van der Waals surface area contributed by atoms with Gasteiger partial charge in [0.1, 0.15) is 4.83 Å². The molecule has 0 radical (unpaired) electrons. The Morgan fingerprint density at radius 3 is 2.59 bits per heavy atom. The van der Waals surface area contributed by atoms with Gasteiger partial charge in [-0.15, -0.1) is 11.3 Å². The van der Waals surface area contributed by atoms with E-state index in [2.05, 4.69) is 26.3 Å². The molecule has 0 aliphatic rings. The van der Waals surface area contributed by atoms with Crippen LogP contribution in [0.3, 0.4) is 0 Å². The van der Waals surface area contributed by atoms with Crippen LogP contribution in [-0.2, 0) is 25.3 Å². The molecule has 148 valence electrons. The summed E-state index contributed by atoms with van der Waals surface area (Å²) in [6, 6.07) is 9.32. The Kier molecular flexibility index (Phi) is 4.97. The fraction of sp³-hybridized carbons (Fsp3) is 0.158. The van der Waals surface area contributed by atoms with Crippen molar-refractivity contribution >= 4 is 49.2 Å². The summed E-state index contributed by atoms with van der Waals surface area (Å²) in [6.45, 7) is 0. The molecule has 3 heterocycles. The Morgan fingerprint density at radius 1 is 1.14 bits per heavy atom. The van der Waals surface area contributed by atoms with Crippen LogP contribution in [0.15, 0.2) is 56.0 Å². The summed E-state index contributed by atoms with van der Waals surface area (Å²) in [5, 5.41) is 9.25. The van der Waals surface area contributed by atoms with E-state index in [1.807, 2.05) is 24.3 Å². The van der Waals surface area contributed by atoms with E-state index in [9.17, 15) is 14.4 Å². The highest BCUT2D eigenvalue weighted by Crippen LogP contribution is 2.22. The SMILES string of the molecule is Cn1c(=O)c2c(CC(=O)Nc3ccn(-c4ccc(Br)cc4)n3)csc2n(C)c1=O. The number of fused-ring (bicyclic) bond motifs is 1. The van der Waals surface area contributed by atoms with Gasteiger partial charge in [0.05, 0.1) is 17.5 Å². The number of aromatic nitrogens is 4. The third-order valence-corrected chi connectivity index (χ3v) is 6.18. The van der Waals surface area contributed by atoms with Gasteiger partial charge in [-0.2, -0.15) is 5.10 Å². The minimum absolute atomic E-state index is 0.0125. The molecule has 8 nitrogen and oxygen atoms in total. The predicted octanol–water partition coefficient (Wildman–Crippen LogP) is 2.43. The van der Waals surface area contributed by atoms with Crippen molar-refractivity contribution in [3.8, 4) is 5.69 Å². The van der Waals surface area contributed by atoms with E-state index in [1.54, 1.807) is 29.4 Å². The van der Waals surface area contributed by atoms with E-state index in [-0.39, 0.29) is 18.0 Å². The van der Waals surface area contributed by atoms with Crippen molar-refractivity contribution < 1.29 is 4.79 Å². The summed E-state index contributed by atoms with van der Waals surface area (Å²) in [5.41, 5.74) is 0.665. The molecule has 4 rings (SSSR count). The standard InChI is InChI=1S/C19H16BrN5O3S/c1-23-17(27)16-11(10-29-18(16)24(2)19(23)28)9-15(26)21-14-7-8-25(22-14)13-5-3-12(20)4-6-13/h3-8,10H,9H2,1-2H3,(H,21,22,26). The molecule has 0 unspecified atom stereocenters. The molecule has 0 aliphatic heterocycles. The highest BCUT2D eigenvalue weighted by molar-refractivity contribution is 9.10. The quantitative estimate of drug-likeness (QED) is 0.492. The summed E-state index contributed by atoms with van der Waals surface area (Å²) in [6.07, 6.45) is 1.77. The molecular weight excluding hydrogens is 458 g/mol. The zero-order valence-electron chi connectivity index (χ0n) is 15.5. The summed E-state index contributed by atoms with van der Waals surface area (Å²) < 4.78 is 5.10. The first kappa shape index (κ1) is 19.3. The average Bonchev–Trinajstić information content (AvgIpc) is 3.32. The lowest BCUT2D eigenvalue weighted by molar-refractivity contribution is -0.115. The predicted molar refractivity (Wildman–Crippen MR) is 116 cm³/mol. The Hall–Kier alpha value is -2.98. The van der Waals surface area contributed by atoms with Crippen LogP contribution in [0.1, 0.15) is 5.56 Å². The van der Waals surface area contributed by atoms with Crippen molar-refractivity contribution in [1.29, 1.82) is 0 Å². The largest absolute Gasteiger partial charge is 0.331 e. The second-order valence-electron chi connectivity index (χ2n) is 6.49. The van der Waals surface area contributed by atoms with Gasteiger partial charge in [-0.3, -0.25) is 18.7 Å². The van der Waals surface area contributed by atoms with Crippen LogP contribution in [0.25, 0.3) is 15.9 Å². The van der Waals surface area contributed by atoms with Gasteiger partial charge in [-0.1, -0.05) is 15.9 Å². The van der Waals surface area contributed by atoms with Crippen LogP contribution in [0.4, 0.5) is 5.82 Å². The summed E-state index contributed by atoms with van der Waals surface area (Å²) in [5.74, 6) is 0.124. The molecule has 1 N–H and O–H groups in total. The Balaban J connectivity index is 1.56. The van der Waals surface area contributed by atoms with Crippen molar-refractivity contribution in [3.63, 3.8) is 0 Å². The third kappa shape index (κ3) is 3.56. The molecule has 0 aliphatic carbocycles. The van der Waals surface area contributed by atoms with E-state index < -0.39 is 5.56 Å². The number of anilines is 1. The molecular formula is C19H16BrN5O3S. The minimum Gasteiger partial charge on any atom is -0.309 e. The monoisotopic (exact) mass is 473 g/mol. The van der Waals surface area contributed by atoms with Crippen molar-refractivity contribution in [3.05, 3.63) is 72.8 Å². The summed E-state index contributed by atoms with van der Waals surface area (Å²) in [4.78, 5) is 37.6.